The summed E-state index contributed by atoms with van der Waals surface area (Å²) in [6, 6.07) is -0.627. The third-order valence-electron chi connectivity index (χ3n) is 1.67. The summed E-state index contributed by atoms with van der Waals surface area (Å²) in [6.45, 7) is -0.0384. The maximum atomic E-state index is 10.8. The van der Waals surface area contributed by atoms with Gasteiger partial charge in [-0.25, -0.2) is 9.28 Å². The molecule has 0 rings (SSSR count). The first kappa shape index (κ1) is 15.6. The number of carboxylic acids is 1. The normalized spacial score (nSPS) is 12.8. The van der Waals surface area contributed by atoms with Gasteiger partial charge in [-0.1, -0.05) is 0 Å². The highest BCUT2D eigenvalue weighted by Crippen LogP contribution is 2.01. The molecule has 0 aliphatic heterocycles. The quantitative estimate of drug-likeness (QED) is 0.545. The zero-order chi connectivity index (χ0) is 10.6. The van der Waals surface area contributed by atoms with E-state index in [0.29, 0.717) is 0 Å². The molecular formula is C7H15ClN2O4. The average Bonchev–Trinajstić information content (AvgIpc) is 1.82. The highest BCUT2D eigenvalue weighted by Gasteiger charge is 2.26. The number of likely N-dealkylation sites (N-methyl/N-ethyl adjacent to an activating group) is 1. The van der Waals surface area contributed by atoms with Gasteiger partial charge in [-0.2, -0.15) is 0 Å². The zero-order valence-electron chi connectivity index (χ0n) is 8.10. The first-order valence-electron chi connectivity index (χ1n) is 3.76. The van der Waals surface area contributed by atoms with Crippen LogP contribution in [0.2, 0.25) is 0 Å². The Hall–Kier alpha value is -0.850. The molecule has 0 heterocycles. The van der Waals surface area contributed by atoms with Crippen LogP contribution < -0.4 is 10.8 Å². The van der Waals surface area contributed by atoms with Crippen molar-refractivity contribution in [2.24, 2.45) is 5.73 Å². The van der Waals surface area contributed by atoms with E-state index in [1.807, 2.05) is 0 Å². The van der Waals surface area contributed by atoms with Crippen molar-refractivity contribution in [2.45, 2.75) is 12.5 Å². The van der Waals surface area contributed by atoms with Gasteiger partial charge in [-0.15, -0.1) is 12.4 Å². The Morgan fingerprint density at radius 1 is 1.50 bits per heavy atom. The summed E-state index contributed by atoms with van der Waals surface area (Å²) >= 11 is 0. The first-order valence-corrected chi connectivity index (χ1v) is 3.76. The number of hydrogen-bond acceptors (Lipinski definition) is 4. The lowest BCUT2D eigenvalue weighted by Gasteiger charge is -2.26. The average molecular weight is 227 g/mol. The molecule has 1 unspecified atom stereocenters. The topological polar surface area (TPSA) is 103 Å². The van der Waals surface area contributed by atoms with E-state index in [4.69, 9.17) is 10.8 Å². The van der Waals surface area contributed by atoms with Crippen molar-refractivity contribution in [3.05, 3.63) is 0 Å². The minimum absolute atomic E-state index is 0. The second-order valence-electron chi connectivity index (χ2n) is 3.44. The number of nitrogens with two attached hydrogens (primary N) is 1. The van der Waals surface area contributed by atoms with E-state index < -0.39 is 24.5 Å². The fourth-order valence-corrected chi connectivity index (χ4v) is 0.874. The van der Waals surface area contributed by atoms with Crippen molar-refractivity contribution in [2.75, 3.05) is 20.6 Å². The van der Waals surface area contributed by atoms with E-state index >= 15 is 0 Å². The molecule has 0 spiro atoms. The lowest BCUT2D eigenvalue weighted by Crippen LogP contribution is -2.53. The number of rotatable bonds is 4. The molecule has 0 aromatic heterocycles. The Bertz CT molecular complexity index is 220. The number of urea groups is 1. The number of aliphatic carboxylic acids is 1. The molecule has 7 heteroatoms. The lowest BCUT2D eigenvalue weighted by atomic mass is 10.2. The Morgan fingerprint density at radius 3 is 2.21 bits per heavy atom. The first-order chi connectivity index (χ1) is 5.75. The van der Waals surface area contributed by atoms with Crippen LogP contribution in [0.1, 0.15) is 6.42 Å². The third kappa shape index (κ3) is 5.74. The minimum atomic E-state index is -1.35. The van der Waals surface area contributed by atoms with Gasteiger partial charge in [0.05, 0.1) is 14.1 Å². The Kier molecular flexibility index (Phi) is 6.46. The minimum Gasteiger partial charge on any atom is -0.550 e. The number of nitrogens with zero attached hydrogens (tertiary/aromatic N) is 1. The smallest absolute Gasteiger partial charge is 0.413 e. The van der Waals surface area contributed by atoms with Gasteiger partial charge in [0, 0.05) is 12.4 Å². The van der Waals surface area contributed by atoms with E-state index in [-0.39, 0.29) is 23.4 Å². The van der Waals surface area contributed by atoms with Gasteiger partial charge in [-0.3, -0.25) is 0 Å². The molecule has 0 aliphatic carbocycles. The molecular weight excluding hydrogens is 212 g/mol. The summed E-state index contributed by atoms with van der Waals surface area (Å²) in [4.78, 5) is 20.8. The fraction of sp³-hybridized carbons (Fsp3) is 0.714. The zero-order valence-corrected chi connectivity index (χ0v) is 8.91. The van der Waals surface area contributed by atoms with Gasteiger partial charge in [-0.05, 0) is 0 Å². The van der Waals surface area contributed by atoms with Gasteiger partial charge in [0.15, 0.2) is 0 Å². The molecule has 0 aromatic carbocycles. The van der Waals surface area contributed by atoms with Crippen LogP contribution in [0.15, 0.2) is 0 Å². The SMILES string of the molecule is C[N+](C)(CC(O)CC(=O)[O-])C(N)=O.Cl. The number of carboxylic acid groups (broad SMARTS) is 1. The molecule has 2 amide bonds. The largest absolute Gasteiger partial charge is 0.550 e. The molecule has 0 saturated heterocycles. The van der Waals surface area contributed by atoms with Crippen molar-refractivity contribution in [1.29, 1.82) is 0 Å². The number of aliphatic hydroxyl groups excluding tert-OH is 1. The van der Waals surface area contributed by atoms with E-state index in [1.165, 1.54) is 14.1 Å². The molecule has 14 heavy (non-hydrogen) atoms. The van der Waals surface area contributed by atoms with Crippen LogP contribution >= 0.6 is 12.4 Å². The van der Waals surface area contributed by atoms with Crippen LogP contribution in [-0.2, 0) is 4.79 Å². The maximum Gasteiger partial charge on any atom is 0.413 e. The highest BCUT2D eigenvalue weighted by molar-refractivity contribution is 5.85. The summed E-state index contributed by atoms with van der Waals surface area (Å²) in [5, 5.41) is 19.2. The third-order valence-corrected chi connectivity index (χ3v) is 1.67. The van der Waals surface area contributed by atoms with E-state index in [0.717, 1.165) is 0 Å². The van der Waals surface area contributed by atoms with Crippen LogP contribution in [0.5, 0.6) is 0 Å². The molecule has 0 radical (unpaired) electrons. The molecule has 0 aromatic rings. The van der Waals surface area contributed by atoms with E-state index in [1.54, 1.807) is 0 Å². The second kappa shape index (κ2) is 5.79. The van der Waals surface area contributed by atoms with Gasteiger partial charge >= 0.3 is 6.03 Å². The summed E-state index contributed by atoms with van der Waals surface area (Å²) in [5.74, 6) is -1.35. The molecule has 3 N–H and O–H groups in total. The monoisotopic (exact) mass is 226 g/mol. The summed E-state index contributed by atoms with van der Waals surface area (Å²) in [6.07, 6.45) is -1.61. The Labute approximate surface area is 88.3 Å². The molecule has 84 valence electrons. The van der Waals surface area contributed by atoms with Crippen molar-refractivity contribution in [3.63, 3.8) is 0 Å². The van der Waals surface area contributed by atoms with Crippen LogP contribution in [-0.4, -0.2) is 48.3 Å². The van der Waals surface area contributed by atoms with Crippen molar-refractivity contribution in [1.82, 2.24) is 0 Å². The Morgan fingerprint density at radius 2 is 1.93 bits per heavy atom. The molecule has 1 atom stereocenters. The Balaban J connectivity index is 0. The standard InChI is InChI=1S/C7H14N2O4.ClH/c1-9(2,7(8)13)4-5(10)3-6(11)12;/h5,10H,3-4H2,1-2H3,(H2-,8,11,12,13);1H. The number of amides is 2. The van der Waals surface area contributed by atoms with Crippen LogP contribution in [0, 0.1) is 0 Å². The molecule has 0 fully saturated rings. The van der Waals surface area contributed by atoms with E-state index in [9.17, 15) is 14.7 Å². The number of hydrogen-bond donors (Lipinski definition) is 2. The number of aliphatic hydroxyl groups is 1. The maximum absolute atomic E-state index is 10.8. The number of carbonyl (C=O) groups excluding carboxylic acids is 2. The van der Waals surface area contributed by atoms with Crippen LogP contribution in [0.4, 0.5) is 4.79 Å². The predicted octanol–water partition coefficient (Wildman–Crippen LogP) is -1.94. The summed E-state index contributed by atoms with van der Waals surface area (Å²) in [5.41, 5.74) is 5.01. The van der Waals surface area contributed by atoms with Crippen molar-refractivity contribution >= 4 is 24.4 Å². The predicted molar refractivity (Wildman–Crippen MR) is 49.4 cm³/mol. The number of primary amides is 1. The van der Waals surface area contributed by atoms with Crippen LogP contribution in [0.3, 0.4) is 0 Å². The number of carbonyl (C=O) groups is 2. The van der Waals surface area contributed by atoms with Crippen molar-refractivity contribution in [3.8, 4) is 0 Å². The molecule has 0 aliphatic rings. The number of halogens is 1. The molecule has 6 nitrogen and oxygen atoms in total. The fourth-order valence-electron chi connectivity index (χ4n) is 0.874. The summed E-state index contributed by atoms with van der Waals surface area (Å²) in [7, 11) is 2.97. The van der Waals surface area contributed by atoms with Gasteiger partial charge in [0.1, 0.15) is 12.6 Å². The van der Waals surface area contributed by atoms with Gasteiger partial charge in [0.25, 0.3) is 0 Å². The van der Waals surface area contributed by atoms with Gasteiger partial charge in [0.2, 0.25) is 0 Å². The molecule has 0 saturated carbocycles. The van der Waals surface area contributed by atoms with Gasteiger partial charge < -0.3 is 20.7 Å². The lowest BCUT2D eigenvalue weighted by molar-refractivity contribution is -0.811. The van der Waals surface area contributed by atoms with Crippen molar-refractivity contribution < 1.29 is 24.3 Å². The molecule has 0 bridgehead atoms. The van der Waals surface area contributed by atoms with Crippen LogP contribution in [0.25, 0.3) is 0 Å². The number of quaternary nitrogens is 1. The second-order valence-corrected chi connectivity index (χ2v) is 3.44. The highest BCUT2D eigenvalue weighted by atomic mass is 35.5. The van der Waals surface area contributed by atoms with E-state index in [2.05, 4.69) is 0 Å². The summed E-state index contributed by atoms with van der Waals surface area (Å²) < 4.78 is -0.256.